The minimum Gasteiger partial charge on any atom is -0.328 e. The third-order valence-electron chi connectivity index (χ3n) is 3.37. The van der Waals surface area contributed by atoms with E-state index in [1.807, 2.05) is 23.4 Å². The minimum absolute atomic E-state index is 0.00685. The standard InChI is InChI=1S/C12H21N5O/c1-10(11-15-13-9-16(11)2)14-12(18)17-7-5-3-4-6-8-17/h9-10H,3-8H2,1-2H3,(H,14,18)/t10-/m1/s1. The fourth-order valence-electron chi connectivity index (χ4n) is 2.30. The van der Waals surface area contributed by atoms with Crippen LogP contribution in [-0.2, 0) is 7.05 Å². The quantitative estimate of drug-likeness (QED) is 0.865. The maximum Gasteiger partial charge on any atom is 0.317 e. The van der Waals surface area contributed by atoms with Crippen LogP contribution in [0.5, 0.6) is 0 Å². The lowest BCUT2D eigenvalue weighted by molar-refractivity contribution is 0.196. The second-order valence-corrected chi connectivity index (χ2v) is 4.87. The van der Waals surface area contributed by atoms with Crippen LogP contribution in [0.25, 0.3) is 0 Å². The van der Waals surface area contributed by atoms with Crippen molar-refractivity contribution in [2.24, 2.45) is 7.05 Å². The minimum atomic E-state index is -0.117. The van der Waals surface area contributed by atoms with Gasteiger partial charge in [-0.1, -0.05) is 12.8 Å². The van der Waals surface area contributed by atoms with Crippen LogP contribution in [0.1, 0.15) is 44.5 Å². The van der Waals surface area contributed by atoms with Crippen molar-refractivity contribution in [2.75, 3.05) is 13.1 Å². The molecule has 2 heterocycles. The molecule has 0 saturated carbocycles. The maximum atomic E-state index is 12.1. The van der Waals surface area contributed by atoms with Gasteiger partial charge in [-0.25, -0.2) is 4.79 Å². The van der Waals surface area contributed by atoms with E-state index < -0.39 is 0 Å². The Bertz CT molecular complexity index is 395. The van der Waals surface area contributed by atoms with Gasteiger partial charge >= 0.3 is 6.03 Å². The topological polar surface area (TPSA) is 63.1 Å². The first-order valence-electron chi connectivity index (χ1n) is 6.58. The molecule has 0 aromatic carbocycles. The summed E-state index contributed by atoms with van der Waals surface area (Å²) in [5, 5.41) is 10.8. The van der Waals surface area contributed by atoms with Crippen LogP contribution in [0.2, 0.25) is 0 Å². The van der Waals surface area contributed by atoms with Crippen LogP contribution in [0.15, 0.2) is 6.33 Å². The van der Waals surface area contributed by atoms with Gasteiger partial charge in [0.1, 0.15) is 6.33 Å². The summed E-state index contributed by atoms with van der Waals surface area (Å²) in [6.07, 6.45) is 6.30. The average molecular weight is 251 g/mol. The Hall–Kier alpha value is -1.59. The van der Waals surface area contributed by atoms with Gasteiger partial charge in [0.15, 0.2) is 5.82 Å². The molecule has 0 spiro atoms. The number of aryl methyl sites for hydroxylation is 1. The van der Waals surface area contributed by atoms with Crippen molar-refractivity contribution in [3.8, 4) is 0 Å². The Morgan fingerprint density at radius 2 is 2.00 bits per heavy atom. The van der Waals surface area contributed by atoms with Gasteiger partial charge in [0.2, 0.25) is 0 Å². The average Bonchev–Trinajstić information content (AvgIpc) is 2.63. The lowest BCUT2D eigenvalue weighted by atomic mass is 10.2. The number of urea groups is 1. The summed E-state index contributed by atoms with van der Waals surface area (Å²) >= 11 is 0. The molecular weight excluding hydrogens is 230 g/mol. The molecule has 1 aliphatic heterocycles. The highest BCUT2D eigenvalue weighted by Gasteiger charge is 2.19. The van der Waals surface area contributed by atoms with E-state index in [2.05, 4.69) is 15.5 Å². The molecule has 100 valence electrons. The van der Waals surface area contributed by atoms with Crippen molar-refractivity contribution >= 4 is 6.03 Å². The number of carbonyl (C=O) groups is 1. The Labute approximate surface area is 107 Å². The highest BCUT2D eigenvalue weighted by molar-refractivity contribution is 5.74. The second kappa shape index (κ2) is 5.84. The predicted molar refractivity (Wildman–Crippen MR) is 68.0 cm³/mol. The molecule has 6 nitrogen and oxygen atoms in total. The molecule has 1 aromatic heterocycles. The number of nitrogens with zero attached hydrogens (tertiary/aromatic N) is 4. The van der Waals surface area contributed by atoms with Gasteiger partial charge < -0.3 is 14.8 Å². The number of rotatable bonds is 2. The van der Waals surface area contributed by atoms with Crippen molar-refractivity contribution in [3.05, 3.63) is 12.2 Å². The van der Waals surface area contributed by atoms with Crippen LogP contribution in [0, 0.1) is 0 Å². The zero-order valence-corrected chi connectivity index (χ0v) is 11.1. The maximum absolute atomic E-state index is 12.1. The smallest absolute Gasteiger partial charge is 0.317 e. The number of nitrogens with one attached hydrogen (secondary N) is 1. The van der Waals surface area contributed by atoms with Crippen molar-refractivity contribution < 1.29 is 4.79 Å². The van der Waals surface area contributed by atoms with E-state index >= 15 is 0 Å². The Kier molecular flexibility index (Phi) is 4.17. The molecule has 1 N–H and O–H groups in total. The van der Waals surface area contributed by atoms with Gasteiger partial charge in [0.05, 0.1) is 6.04 Å². The normalized spacial score (nSPS) is 18.2. The van der Waals surface area contributed by atoms with Crippen molar-refractivity contribution in [1.29, 1.82) is 0 Å². The molecule has 0 bridgehead atoms. The first kappa shape index (κ1) is 12.9. The number of amides is 2. The molecular formula is C12H21N5O. The monoisotopic (exact) mass is 251 g/mol. The zero-order chi connectivity index (χ0) is 13.0. The molecule has 2 rings (SSSR count). The van der Waals surface area contributed by atoms with Crippen LogP contribution >= 0.6 is 0 Å². The number of hydrogen-bond donors (Lipinski definition) is 1. The van der Waals surface area contributed by atoms with Gasteiger partial charge in [-0.3, -0.25) is 0 Å². The van der Waals surface area contributed by atoms with Gasteiger partial charge in [-0.15, -0.1) is 10.2 Å². The van der Waals surface area contributed by atoms with E-state index in [1.165, 1.54) is 12.8 Å². The summed E-state index contributed by atoms with van der Waals surface area (Å²) in [5.74, 6) is 0.776. The summed E-state index contributed by atoms with van der Waals surface area (Å²) in [4.78, 5) is 14.0. The van der Waals surface area contributed by atoms with Crippen LogP contribution in [-0.4, -0.2) is 38.8 Å². The molecule has 1 aromatic rings. The number of likely N-dealkylation sites (tertiary alicyclic amines) is 1. The highest BCUT2D eigenvalue weighted by Crippen LogP contribution is 2.12. The largest absolute Gasteiger partial charge is 0.328 e. The predicted octanol–water partition coefficient (Wildman–Crippen LogP) is 1.46. The summed E-state index contributed by atoms with van der Waals surface area (Å²) in [7, 11) is 1.88. The molecule has 1 aliphatic rings. The molecule has 2 amide bonds. The number of aromatic nitrogens is 3. The molecule has 0 aliphatic carbocycles. The Balaban J connectivity index is 1.92. The summed E-state index contributed by atoms with van der Waals surface area (Å²) in [6, 6.07) is -0.111. The molecule has 0 radical (unpaired) electrons. The molecule has 1 fully saturated rings. The zero-order valence-electron chi connectivity index (χ0n) is 11.1. The van der Waals surface area contributed by atoms with Crippen LogP contribution in [0.4, 0.5) is 4.79 Å². The molecule has 1 atom stereocenters. The fourth-order valence-corrected chi connectivity index (χ4v) is 2.30. The fraction of sp³-hybridized carbons (Fsp3) is 0.750. The third kappa shape index (κ3) is 3.00. The lowest BCUT2D eigenvalue weighted by Gasteiger charge is -2.23. The van der Waals surface area contributed by atoms with Crippen LogP contribution in [0.3, 0.4) is 0 Å². The second-order valence-electron chi connectivity index (χ2n) is 4.87. The number of hydrogen-bond acceptors (Lipinski definition) is 3. The van der Waals surface area contributed by atoms with E-state index in [0.29, 0.717) is 0 Å². The highest BCUT2D eigenvalue weighted by atomic mass is 16.2. The number of carbonyl (C=O) groups excluding carboxylic acids is 1. The summed E-state index contributed by atoms with van der Waals surface area (Å²) in [6.45, 7) is 3.65. The van der Waals surface area contributed by atoms with E-state index in [0.717, 1.165) is 31.8 Å². The van der Waals surface area contributed by atoms with Crippen molar-refractivity contribution in [2.45, 2.75) is 38.6 Å². The van der Waals surface area contributed by atoms with Gasteiger partial charge in [0, 0.05) is 20.1 Å². The molecule has 1 saturated heterocycles. The van der Waals surface area contributed by atoms with E-state index in [-0.39, 0.29) is 12.1 Å². The Morgan fingerprint density at radius 3 is 2.56 bits per heavy atom. The van der Waals surface area contributed by atoms with Crippen molar-refractivity contribution in [3.63, 3.8) is 0 Å². The van der Waals surface area contributed by atoms with Gasteiger partial charge in [-0.05, 0) is 19.8 Å². The summed E-state index contributed by atoms with van der Waals surface area (Å²) < 4.78 is 1.83. The van der Waals surface area contributed by atoms with E-state index in [9.17, 15) is 4.79 Å². The van der Waals surface area contributed by atoms with E-state index in [1.54, 1.807) is 6.33 Å². The third-order valence-corrected chi connectivity index (χ3v) is 3.37. The van der Waals surface area contributed by atoms with Gasteiger partial charge in [-0.2, -0.15) is 0 Å². The molecule has 6 heteroatoms. The van der Waals surface area contributed by atoms with Crippen LogP contribution < -0.4 is 5.32 Å². The Morgan fingerprint density at radius 1 is 1.33 bits per heavy atom. The van der Waals surface area contributed by atoms with Gasteiger partial charge in [0.25, 0.3) is 0 Å². The first-order chi connectivity index (χ1) is 8.68. The SMILES string of the molecule is C[C@@H](NC(=O)N1CCCCCC1)c1nncn1C. The van der Waals surface area contributed by atoms with E-state index in [4.69, 9.17) is 0 Å². The molecule has 18 heavy (non-hydrogen) atoms. The molecule has 0 unspecified atom stereocenters. The summed E-state index contributed by atoms with van der Waals surface area (Å²) in [5.41, 5.74) is 0. The first-order valence-corrected chi connectivity index (χ1v) is 6.58. The lowest BCUT2D eigenvalue weighted by Crippen LogP contribution is -2.42. The van der Waals surface area contributed by atoms with Crippen molar-refractivity contribution in [1.82, 2.24) is 25.0 Å².